The highest BCUT2D eigenvalue weighted by atomic mass is 16.6. The highest BCUT2D eigenvalue weighted by Gasteiger charge is 2.18. The Morgan fingerprint density at radius 1 is 1.35 bits per heavy atom. The van der Waals surface area contributed by atoms with Gasteiger partial charge in [-0.1, -0.05) is 0 Å². The monoisotopic (exact) mass is 241 g/mol. The summed E-state index contributed by atoms with van der Waals surface area (Å²) in [5.74, 6) is 0. The van der Waals surface area contributed by atoms with Crippen LogP contribution in [0.1, 0.15) is 18.0 Å². The third-order valence-electron chi connectivity index (χ3n) is 1.54. The molecular weight excluding hydrogens is 228 g/mol. The van der Waals surface area contributed by atoms with Gasteiger partial charge in [0, 0.05) is 11.8 Å². The Bertz CT molecular complexity index is 628. The van der Waals surface area contributed by atoms with E-state index in [9.17, 15) is 20.2 Å². The molecule has 0 fully saturated rings. The standard InChI is InChI=1S/C9H10N4O4/c1-6(2)10-11-8-4-3-7(12(14)15)5-9(8)13(16)17/h3-5,11H,1-2H3/i3D,4D,5D. The number of nitro groups is 2. The normalized spacial score (nSPS) is 12.0. The summed E-state index contributed by atoms with van der Waals surface area (Å²) < 4.78 is 22.6. The summed E-state index contributed by atoms with van der Waals surface area (Å²) in [4.78, 5) is 19.6. The quantitative estimate of drug-likeness (QED) is 0.494. The number of nitro benzene ring substituents is 2. The van der Waals surface area contributed by atoms with Crippen molar-refractivity contribution in [2.75, 3.05) is 5.43 Å². The average molecular weight is 241 g/mol. The highest BCUT2D eigenvalue weighted by molar-refractivity contribution is 5.80. The Morgan fingerprint density at radius 2 is 2.00 bits per heavy atom. The molecule has 0 atom stereocenters. The van der Waals surface area contributed by atoms with E-state index in [1.165, 1.54) is 0 Å². The van der Waals surface area contributed by atoms with Crippen LogP contribution in [0.5, 0.6) is 0 Å². The van der Waals surface area contributed by atoms with Crippen LogP contribution in [0.25, 0.3) is 0 Å². The second-order valence-electron chi connectivity index (χ2n) is 3.13. The zero-order valence-corrected chi connectivity index (χ0v) is 8.97. The molecule has 0 bridgehead atoms. The molecule has 0 saturated heterocycles. The Kier molecular flexibility index (Phi) is 2.54. The van der Waals surface area contributed by atoms with Gasteiger partial charge in [-0.3, -0.25) is 25.7 Å². The van der Waals surface area contributed by atoms with E-state index in [4.69, 9.17) is 4.11 Å². The largest absolute Gasteiger partial charge is 0.301 e. The van der Waals surface area contributed by atoms with Crippen molar-refractivity contribution in [3.63, 3.8) is 0 Å². The Hall–Kier alpha value is -2.51. The van der Waals surface area contributed by atoms with Crippen LogP contribution < -0.4 is 5.43 Å². The van der Waals surface area contributed by atoms with Gasteiger partial charge in [-0.25, -0.2) is 0 Å². The van der Waals surface area contributed by atoms with Gasteiger partial charge in [-0.15, -0.1) is 0 Å². The van der Waals surface area contributed by atoms with Gasteiger partial charge in [0.15, 0.2) is 0 Å². The summed E-state index contributed by atoms with van der Waals surface area (Å²) in [7, 11) is 0. The summed E-state index contributed by atoms with van der Waals surface area (Å²) in [6, 6.07) is -2.67. The molecule has 0 amide bonds. The molecule has 1 aromatic rings. The number of benzene rings is 1. The van der Waals surface area contributed by atoms with Crippen molar-refractivity contribution in [1.82, 2.24) is 0 Å². The molecule has 0 unspecified atom stereocenters. The third-order valence-corrected chi connectivity index (χ3v) is 1.54. The van der Waals surface area contributed by atoms with Gasteiger partial charge in [0.1, 0.15) is 5.69 Å². The minimum atomic E-state index is -1.09. The topological polar surface area (TPSA) is 111 Å². The Balaban J connectivity index is 3.71. The van der Waals surface area contributed by atoms with E-state index in [0.29, 0.717) is 5.71 Å². The zero-order chi connectivity index (χ0) is 15.6. The SMILES string of the molecule is [2H]c1c([2H])c([N+](=O)[O-])c([2H])c([N+](=O)[O-])c1NN=C(C)C. The van der Waals surface area contributed by atoms with Crippen LogP contribution in [0.2, 0.25) is 0 Å². The van der Waals surface area contributed by atoms with Crippen molar-refractivity contribution < 1.29 is 14.0 Å². The van der Waals surface area contributed by atoms with Gasteiger partial charge >= 0.3 is 5.69 Å². The molecule has 8 heteroatoms. The molecule has 8 nitrogen and oxygen atoms in total. The molecule has 0 aliphatic carbocycles. The van der Waals surface area contributed by atoms with Gasteiger partial charge in [-0.05, 0) is 19.9 Å². The smallest absolute Gasteiger partial charge is 0.272 e. The summed E-state index contributed by atoms with van der Waals surface area (Å²) in [5.41, 5.74) is 0.136. The third kappa shape index (κ3) is 3.23. The zero-order valence-electron chi connectivity index (χ0n) is 12.0. The molecule has 0 aromatic heterocycles. The lowest BCUT2D eigenvalue weighted by atomic mass is 10.2. The predicted molar refractivity (Wildman–Crippen MR) is 62.2 cm³/mol. The number of nitrogens with zero attached hydrogens (tertiary/aromatic N) is 3. The molecule has 90 valence electrons. The number of nitrogens with one attached hydrogen (secondary N) is 1. The van der Waals surface area contributed by atoms with Crippen LogP contribution in [0, 0.1) is 20.2 Å². The van der Waals surface area contributed by atoms with Gasteiger partial charge in [-0.2, -0.15) is 5.10 Å². The molecule has 0 aliphatic rings. The molecule has 0 aliphatic heterocycles. The molecule has 0 radical (unpaired) electrons. The second kappa shape index (κ2) is 5.01. The highest BCUT2D eigenvalue weighted by Crippen LogP contribution is 2.28. The number of anilines is 1. The van der Waals surface area contributed by atoms with E-state index in [-0.39, 0.29) is 0 Å². The molecular formula is C9H10N4O4. The van der Waals surface area contributed by atoms with Gasteiger partial charge in [0.05, 0.1) is 20.0 Å². The minimum absolute atomic E-state index is 0.482. The van der Waals surface area contributed by atoms with E-state index in [2.05, 4.69) is 10.5 Å². The van der Waals surface area contributed by atoms with Crippen LogP contribution in [0.3, 0.4) is 0 Å². The molecule has 1 N–H and O–H groups in total. The molecule has 17 heavy (non-hydrogen) atoms. The average Bonchev–Trinajstić information content (AvgIpc) is 2.30. The first-order chi connectivity index (χ1) is 9.18. The maximum atomic E-state index is 11.0. The van der Waals surface area contributed by atoms with E-state index < -0.39 is 45.0 Å². The first kappa shape index (κ1) is 8.62. The lowest BCUT2D eigenvalue weighted by Gasteiger charge is -2.02. The summed E-state index contributed by atoms with van der Waals surface area (Å²) in [6.07, 6.45) is 0. The van der Waals surface area contributed by atoms with Crippen LogP contribution in [-0.4, -0.2) is 15.6 Å². The van der Waals surface area contributed by atoms with E-state index >= 15 is 0 Å². The maximum absolute atomic E-state index is 11.0. The van der Waals surface area contributed by atoms with Crippen molar-refractivity contribution in [2.45, 2.75) is 13.8 Å². The lowest BCUT2D eigenvalue weighted by molar-refractivity contribution is -0.393. The Morgan fingerprint density at radius 3 is 2.47 bits per heavy atom. The fraction of sp³-hybridized carbons (Fsp3) is 0.222. The first-order valence-corrected chi connectivity index (χ1v) is 4.37. The van der Waals surface area contributed by atoms with Crippen molar-refractivity contribution in [2.24, 2.45) is 5.10 Å². The van der Waals surface area contributed by atoms with Crippen molar-refractivity contribution in [3.8, 4) is 0 Å². The second-order valence-corrected chi connectivity index (χ2v) is 3.13. The molecule has 0 heterocycles. The fourth-order valence-corrected chi connectivity index (χ4v) is 0.864. The number of hydrazone groups is 1. The van der Waals surface area contributed by atoms with Crippen molar-refractivity contribution >= 4 is 22.8 Å². The fourth-order valence-electron chi connectivity index (χ4n) is 0.864. The van der Waals surface area contributed by atoms with Gasteiger partial charge in [0.25, 0.3) is 5.69 Å². The van der Waals surface area contributed by atoms with E-state index in [1.54, 1.807) is 13.8 Å². The summed E-state index contributed by atoms with van der Waals surface area (Å²) in [6.45, 7) is 3.16. The molecule has 1 rings (SSSR count). The van der Waals surface area contributed by atoms with Gasteiger partial charge < -0.3 is 0 Å². The first-order valence-electron chi connectivity index (χ1n) is 5.87. The van der Waals surface area contributed by atoms with E-state index in [1.807, 2.05) is 0 Å². The predicted octanol–water partition coefficient (Wildman–Crippen LogP) is 2.31. The Labute approximate surface area is 100 Å². The maximum Gasteiger partial charge on any atom is 0.301 e. The molecule has 0 saturated carbocycles. The molecule has 1 aromatic carbocycles. The summed E-state index contributed by atoms with van der Waals surface area (Å²) in [5, 5.41) is 25.4. The number of rotatable bonds is 4. The van der Waals surface area contributed by atoms with Gasteiger partial charge in [0.2, 0.25) is 0 Å². The van der Waals surface area contributed by atoms with Crippen LogP contribution >= 0.6 is 0 Å². The van der Waals surface area contributed by atoms with Crippen LogP contribution in [0.15, 0.2) is 23.2 Å². The minimum Gasteiger partial charge on any atom is -0.272 e. The van der Waals surface area contributed by atoms with Crippen LogP contribution in [-0.2, 0) is 0 Å². The van der Waals surface area contributed by atoms with Crippen molar-refractivity contribution in [1.29, 1.82) is 0 Å². The van der Waals surface area contributed by atoms with Crippen LogP contribution in [0.4, 0.5) is 17.1 Å². The van der Waals surface area contributed by atoms with Crippen molar-refractivity contribution in [3.05, 3.63) is 38.4 Å². The number of hydrogen-bond acceptors (Lipinski definition) is 6. The lowest BCUT2D eigenvalue weighted by Crippen LogP contribution is -1.99. The summed E-state index contributed by atoms with van der Waals surface area (Å²) >= 11 is 0. The molecule has 0 spiro atoms. The van der Waals surface area contributed by atoms with E-state index in [0.717, 1.165) is 0 Å². The number of hydrogen-bond donors (Lipinski definition) is 1.